The van der Waals surface area contributed by atoms with Gasteiger partial charge in [-0.2, -0.15) is 4.73 Å². The SMILES string of the molecule is CCCC([C](C)C)c1ccc2ccccc2[n+]1[O-]. The van der Waals surface area contributed by atoms with E-state index in [0.29, 0.717) is 0 Å². The second-order valence-corrected chi connectivity index (χ2v) is 5.03. The molecule has 0 spiro atoms. The van der Waals surface area contributed by atoms with Gasteiger partial charge in [-0.15, -0.1) is 0 Å². The van der Waals surface area contributed by atoms with Crippen LogP contribution in [0, 0.1) is 11.1 Å². The molecule has 1 aromatic carbocycles. The fraction of sp³-hybridized carbons (Fsp3) is 0.375. The molecule has 2 aromatic rings. The minimum atomic E-state index is 0.261. The third-order valence-corrected chi connectivity index (χ3v) is 3.46. The second-order valence-electron chi connectivity index (χ2n) is 5.03. The molecular formula is C16H20NO. The van der Waals surface area contributed by atoms with E-state index < -0.39 is 0 Å². The zero-order valence-electron chi connectivity index (χ0n) is 11.3. The van der Waals surface area contributed by atoms with E-state index in [-0.39, 0.29) is 5.92 Å². The molecule has 0 N–H and O–H groups in total. The van der Waals surface area contributed by atoms with Crippen LogP contribution in [0.15, 0.2) is 36.4 Å². The number of benzene rings is 1. The van der Waals surface area contributed by atoms with E-state index in [9.17, 15) is 5.21 Å². The van der Waals surface area contributed by atoms with Crippen molar-refractivity contribution in [1.82, 2.24) is 0 Å². The summed E-state index contributed by atoms with van der Waals surface area (Å²) in [6.45, 7) is 6.37. The number of fused-ring (bicyclic) bond motifs is 1. The number of rotatable bonds is 4. The lowest BCUT2D eigenvalue weighted by Gasteiger charge is -2.19. The first kappa shape index (κ1) is 12.9. The number of pyridine rings is 1. The van der Waals surface area contributed by atoms with E-state index in [1.165, 1.54) is 5.92 Å². The van der Waals surface area contributed by atoms with Crippen molar-refractivity contribution in [3.63, 3.8) is 0 Å². The zero-order chi connectivity index (χ0) is 13.1. The first-order chi connectivity index (χ1) is 8.65. The van der Waals surface area contributed by atoms with E-state index in [0.717, 1.165) is 34.2 Å². The topological polar surface area (TPSA) is 26.9 Å². The maximum atomic E-state index is 12.5. The van der Waals surface area contributed by atoms with Gasteiger partial charge in [0.05, 0.1) is 5.92 Å². The number of hydrogen-bond acceptors (Lipinski definition) is 1. The molecule has 1 aromatic heterocycles. The van der Waals surface area contributed by atoms with Gasteiger partial charge in [0.25, 0.3) is 0 Å². The van der Waals surface area contributed by atoms with Crippen LogP contribution in [-0.2, 0) is 0 Å². The fourth-order valence-electron chi connectivity index (χ4n) is 2.47. The van der Waals surface area contributed by atoms with E-state index in [4.69, 9.17) is 0 Å². The molecule has 0 saturated heterocycles. The largest absolute Gasteiger partial charge is 0.618 e. The van der Waals surface area contributed by atoms with Crippen LogP contribution < -0.4 is 4.73 Å². The maximum Gasteiger partial charge on any atom is 0.223 e. The Morgan fingerprint density at radius 2 is 1.89 bits per heavy atom. The lowest BCUT2D eigenvalue weighted by Crippen LogP contribution is -2.35. The summed E-state index contributed by atoms with van der Waals surface area (Å²) >= 11 is 0. The minimum Gasteiger partial charge on any atom is -0.618 e. The molecule has 0 saturated carbocycles. The van der Waals surface area contributed by atoms with Gasteiger partial charge in [-0.3, -0.25) is 0 Å². The fourth-order valence-corrected chi connectivity index (χ4v) is 2.47. The monoisotopic (exact) mass is 242 g/mol. The molecule has 18 heavy (non-hydrogen) atoms. The molecule has 0 aliphatic heterocycles. The average Bonchev–Trinajstić information content (AvgIpc) is 2.37. The van der Waals surface area contributed by atoms with Crippen LogP contribution in [0.2, 0.25) is 0 Å². The van der Waals surface area contributed by atoms with Gasteiger partial charge < -0.3 is 5.21 Å². The van der Waals surface area contributed by atoms with Gasteiger partial charge in [0.15, 0.2) is 5.69 Å². The van der Waals surface area contributed by atoms with Crippen LogP contribution in [0.3, 0.4) is 0 Å². The van der Waals surface area contributed by atoms with E-state index in [2.05, 4.69) is 20.8 Å². The lowest BCUT2D eigenvalue weighted by atomic mass is 9.88. The van der Waals surface area contributed by atoms with Crippen molar-refractivity contribution in [1.29, 1.82) is 0 Å². The van der Waals surface area contributed by atoms with Gasteiger partial charge in [0, 0.05) is 17.5 Å². The Balaban J connectivity index is 2.53. The number of aromatic nitrogens is 1. The molecule has 1 atom stereocenters. The molecule has 0 amide bonds. The average molecular weight is 242 g/mol. The van der Waals surface area contributed by atoms with Crippen molar-refractivity contribution in [3.8, 4) is 0 Å². The molecular weight excluding hydrogens is 222 g/mol. The summed E-state index contributed by atoms with van der Waals surface area (Å²) in [7, 11) is 0. The van der Waals surface area contributed by atoms with Crippen molar-refractivity contribution in [2.75, 3.05) is 0 Å². The molecule has 1 radical (unpaired) electrons. The summed E-state index contributed by atoms with van der Waals surface area (Å²) in [5.41, 5.74) is 1.63. The maximum absolute atomic E-state index is 12.5. The molecule has 1 heterocycles. The molecule has 0 fully saturated rings. The summed E-state index contributed by atoms with van der Waals surface area (Å²) in [6, 6.07) is 11.8. The number of para-hydroxylation sites is 1. The number of nitrogens with zero attached hydrogens (tertiary/aromatic N) is 1. The predicted molar refractivity (Wildman–Crippen MR) is 75.1 cm³/mol. The summed E-state index contributed by atoms with van der Waals surface area (Å²) in [5.74, 6) is 1.56. The van der Waals surface area contributed by atoms with Crippen LogP contribution in [0.1, 0.15) is 45.2 Å². The molecule has 2 nitrogen and oxygen atoms in total. The Bertz CT molecular complexity index is 534. The Hall–Kier alpha value is -1.57. The van der Waals surface area contributed by atoms with Crippen LogP contribution in [0.5, 0.6) is 0 Å². The summed E-state index contributed by atoms with van der Waals surface area (Å²) in [6.07, 6.45) is 2.12. The van der Waals surface area contributed by atoms with Crippen molar-refractivity contribution in [2.24, 2.45) is 0 Å². The van der Waals surface area contributed by atoms with Gasteiger partial charge >= 0.3 is 0 Å². The van der Waals surface area contributed by atoms with Gasteiger partial charge in [0.1, 0.15) is 0 Å². The van der Waals surface area contributed by atoms with Gasteiger partial charge in [-0.1, -0.05) is 39.3 Å². The van der Waals surface area contributed by atoms with Crippen molar-refractivity contribution in [3.05, 3.63) is 53.2 Å². The highest BCUT2D eigenvalue weighted by molar-refractivity contribution is 5.75. The highest BCUT2D eigenvalue weighted by atomic mass is 16.5. The van der Waals surface area contributed by atoms with E-state index in [1.54, 1.807) is 0 Å². The normalized spacial score (nSPS) is 13.1. The van der Waals surface area contributed by atoms with Gasteiger partial charge in [-0.25, -0.2) is 0 Å². The molecule has 2 heteroatoms. The smallest absolute Gasteiger partial charge is 0.223 e. The molecule has 2 rings (SSSR count). The Labute approximate surface area is 109 Å². The summed E-state index contributed by atoms with van der Waals surface area (Å²) in [4.78, 5) is 0. The van der Waals surface area contributed by atoms with Crippen molar-refractivity contribution < 1.29 is 4.73 Å². The molecule has 0 bridgehead atoms. The van der Waals surface area contributed by atoms with Crippen molar-refractivity contribution >= 4 is 10.9 Å². The van der Waals surface area contributed by atoms with Crippen molar-refractivity contribution in [2.45, 2.75) is 39.5 Å². The lowest BCUT2D eigenvalue weighted by molar-refractivity contribution is -0.587. The van der Waals surface area contributed by atoms with Crippen LogP contribution in [-0.4, -0.2) is 0 Å². The Kier molecular flexibility index (Phi) is 3.85. The first-order valence-corrected chi connectivity index (χ1v) is 6.56. The zero-order valence-corrected chi connectivity index (χ0v) is 11.3. The Morgan fingerprint density at radius 3 is 2.56 bits per heavy atom. The summed E-state index contributed by atoms with van der Waals surface area (Å²) in [5, 5.41) is 13.5. The quantitative estimate of drug-likeness (QED) is 0.588. The molecule has 95 valence electrons. The summed E-state index contributed by atoms with van der Waals surface area (Å²) < 4.78 is 1.10. The highest BCUT2D eigenvalue weighted by Crippen LogP contribution is 2.29. The second kappa shape index (κ2) is 5.38. The highest BCUT2D eigenvalue weighted by Gasteiger charge is 2.23. The van der Waals surface area contributed by atoms with Crippen LogP contribution in [0.4, 0.5) is 0 Å². The minimum absolute atomic E-state index is 0.261. The Morgan fingerprint density at radius 1 is 1.17 bits per heavy atom. The standard InChI is InChI=1S/C16H20NO/c1-4-7-14(12(2)3)16-11-10-13-8-5-6-9-15(13)17(16)18/h5-6,8-11,14H,4,7H2,1-3H3. The number of hydrogen-bond donors (Lipinski definition) is 0. The molecule has 0 aliphatic carbocycles. The first-order valence-electron chi connectivity index (χ1n) is 6.56. The third-order valence-electron chi connectivity index (χ3n) is 3.46. The molecule has 1 unspecified atom stereocenters. The van der Waals surface area contributed by atoms with Crippen LogP contribution in [0.25, 0.3) is 10.9 Å². The van der Waals surface area contributed by atoms with Crippen LogP contribution >= 0.6 is 0 Å². The van der Waals surface area contributed by atoms with E-state index in [1.807, 2.05) is 36.4 Å². The van der Waals surface area contributed by atoms with E-state index >= 15 is 0 Å². The van der Waals surface area contributed by atoms with Gasteiger partial charge in [-0.05, 0) is 24.5 Å². The van der Waals surface area contributed by atoms with Gasteiger partial charge in [0.2, 0.25) is 5.52 Å². The molecule has 0 aliphatic rings. The predicted octanol–water partition coefficient (Wildman–Crippen LogP) is 3.97. The third kappa shape index (κ3) is 2.33.